The molecule has 1 atom stereocenters. The van der Waals surface area contributed by atoms with Gasteiger partial charge < -0.3 is 10.6 Å². The summed E-state index contributed by atoms with van der Waals surface area (Å²) in [4.78, 5) is 26.3. The Hall–Kier alpha value is -2.51. The Morgan fingerprint density at radius 3 is 2.67 bits per heavy atom. The molecule has 0 aromatic heterocycles. The molecule has 0 saturated carbocycles. The van der Waals surface area contributed by atoms with Crippen LogP contribution in [0.2, 0.25) is 5.02 Å². The van der Waals surface area contributed by atoms with Gasteiger partial charge in [0.25, 0.3) is 5.91 Å². The summed E-state index contributed by atoms with van der Waals surface area (Å²) in [5.41, 5.74) is 1.36. The number of carbonyl (C=O) groups is 2. The lowest BCUT2D eigenvalue weighted by atomic mass is 9.99. The lowest BCUT2D eigenvalue weighted by Gasteiger charge is -2.29. The Kier molecular flexibility index (Phi) is 6.01. The number of nitrogens with one attached hydrogen (secondary N) is 2. The van der Waals surface area contributed by atoms with E-state index < -0.39 is 23.6 Å². The van der Waals surface area contributed by atoms with E-state index in [2.05, 4.69) is 15.5 Å². The average Bonchev–Trinajstić information content (AvgIpc) is 3.23. The molecule has 8 heteroatoms. The van der Waals surface area contributed by atoms with E-state index >= 15 is 0 Å². The number of carbonyl (C=O) groups excluding carboxylic acids is 2. The van der Waals surface area contributed by atoms with Crippen molar-refractivity contribution in [2.75, 3.05) is 25.0 Å². The Bertz CT molecular complexity index is 972. The first kappa shape index (κ1) is 20.8. The first-order valence-electron chi connectivity index (χ1n) is 10.0. The van der Waals surface area contributed by atoms with Gasteiger partial charge >= 0.3 is 0 Å². The molecule has 1 saturated heterocycles. The van der Waals surface area contributed by atoms with Gasteiger partial charge in [0.1, 0.15) is 11.6 Å². The molecule has 5 nitrogen and oxygen atoms in total. The van der Waals surface area contributed by atoms with Crippen LogP contribution in [0.4, 0.5) is 14.5 Å². The van der Waals surface area contributed by atoms with E-state index in [-0.39, 0.29) is 18.0 Å². The predicted octanol–water partition coefficient (Wildman–Crippen LogP) is 4.07. The largest absolute Gasteiger partial charge is 0.350 e. The van der Waals surface area contributed by atoms with Crippen LogP contribution in [0.5, 0.6) is 0 Å². The van der Waals surface area contributed by atoms with Gasteiger partial charge in [-0.05, 0) is 62.2 Å². The van der Waals surface area contributed by atoms with Crippen molar-refractivity contribution in [2.45, 2.75) is 31.7 Å². The van der Waals surface area contributed by atoms with Crippen molar-refractivity contribution in [3.05, 3.63) is 63.7 Å². The SMILES string of the molecule is O=C1CCc2cc(C(=O)NCC(c3c(F)cccc3Cl)N3CCCC3)c(F)cc2N1. The van der Waals surface area contributed by atoms with E-state index in [4.69, 9.17) is 11.6 Å². The third-order valence-corrected chi connectivity index (χ3v) is 6.03. The standard InChI is InChI=1S/C22H22ClF2N3O2/c23-15-4-3-5-16(24)21(15)19(28-8-1-2-9-28)12-26-22(30)14-10-13-6-7-20(29)27-18(13)11-17(14)25/h3-5,10-11,19H,1-2,6-9,12H2,(H,26,30)(H,27,29). The fourth-order valence-corrected chi connectivity index (χ4v) is 4.45. The molecule has 4 rings (SSSR count). The van der Waals surface area contributed by atoms with Gasteiger partial charge in [-0.2, -0.15) is 0 Å². The van der Waals surface area contributed by atoms with E-state index in [1.165, 1.54) is 18.2 Å². The van der Waals surface area contributed by atoms with Crippen LogP contribution < -0.4 is 10.6 Å². The highest BCUT2D eigenvalue weighted by Crippen LogP contribution is 2.32. The zero-order chi connectivity index (χ0) is 21.3. The number of rotatable bonds is 5. The normalized spacial score (nSPS) is 17.4. The van der Waals surface area contributed by atoms with Crippen molar-refractivity contribution >= 4 is 29.1 Å². The highest BCUT2D eigenvalue weighted by Gasteiger charge is 2.29. The minimum atomic E-state index is -0.713. The van der Waals surface area contributed by atoms with E-state index in [1.54, 1.807) is 12.1 Å². The first-order valence-corrected chi connectivity index (χ1v) is 10.4. The highest BCUT2D eigenvalue weighted by molar-refractivity contribution is 6.31. The Labute approximate surface area is 178 Å². The van der Waals surface area contributed by atoms with Gasteiger partial charge in [-0.25, -0.2) is 8.78 Å². The van der Waals surface area contributed by atoms with Gasteiger partial charge in [-0.3, -0.25) is 14.5 Å². The maximum absolute atomic E-state index is 14.6. The molecule has 0 spiro atoms. The van der Waals surface area contributed by atoms with Crippen molar-refractivity contribution in [2.24, 2.45) is 0 Å². The molecule has 2 aliphatic heterocycles. The van der Waals surface area contributed by atoms with Gasteiger partial charge in [0.2, 0.25) is 5.91 Å². The van der Waals surface area contributed by atoms with Crippen molar-refractivity contribution in [3.63, 3.8) is 0 Å². The number of amides is 2. The minimum absolute atomic E-state index is 0.0929. The third kappa shape index (κ3) is 4.18. The third-order valence-electron chi connectivity index (χ3n) is 5.70. The van der Waals surface area contributed by atoms with Gasteiger partial charge in [0.05, 0.1) is 11.6 Å². The molecule has 158 valence electrons. The zero-order valence-corrected chi connectivity index (χ0v) is 17.1. The van der Waals surface area contributed by atoms with Crippen molar-refractivity contribution < 1.29 is 18.4 Å². The maximum Gasteiger partial charge on any atom is 0.254 e. The van der Waals surface area contributed by atoms with Crippen LogP contribution in [0.3, 0.4) is 0 Å². The van der Waals surface area contributed by atoms with Gasteiger partial charge in [0, 0.05) is 29.2 Å². The molecule has 2 aliphatic rings. The van der Waals surface area contributed by atoms with E-state index in [9.17, 15) is 18.4 Å². The van der Waals surface area contributed by atoms with E-state index in [0.717, 1.165) is 31.5 Å². The second-order valence-corrected chi connectivity index (χ2v) is 8.05. The monoisotopic (exact) mass is 433 g/mol. The molecule has 1 unspecified atom stereocenters. The molecule has 1 fully saturated rings. The number of hydrogen-bond donors (Lipinski definition) is 2. The molecule has 2 aromatic rings. The van der Waals surface area contributed by atoms with Crippen LogP contribution in [-0.2, 0) is 11.2 Å². The van der Waals surface area contributed by atoms with Crippen LogP contribution in [-0.4, -0.2) is 36.3 Å². The van der Waals surface area contributed by atoms with Gasteiger partial charge in [-0.1, -0.05) is 17.7 Å². The molecular formula is C22H22ClF2N3O2. The quantitative estimate of drug-likeness (QED) is 0.747. The number of anilines is 1. The van der Waals surface area contributed by atoms with Crippen LogP contribution in [0.1, 0.15) is 46.8 Å². The number of likely N-dealkylation sites (tertiary alicyclic amines) is 1. The maximum atomic E-state index is 14.6. The molecule has 2 aromatic carbocycles. The lowest BCUT2D eigenvalue weighted by molar-refractivity contribution is -0.116. The number of nitrogens with zero attached hydrogens (tertiary/aromatic N) is 1. The number of benzene rings is 2. The van der Waals surface area contributed by atoms with Gasteiger partial charge in [-0.15, -0.1) is 0 Å². The van der Waals surface area contributed by atoms with Gasteiger partial charge in [0.15, 0.2) is 0 Å². The summed E-state index contributed by atoms with van der Waals surface area (Å²) in [6, 6.07) is 6.73. The van der Waals surface area contributed by atoms with Crippen LogP contribution in [0.25, 0.3) is 0 Å². The molecule has 2 N–H and O–H groups in total. The van der Waals surface area contributed by atoms with Crippen molar-refractivity contribution in [1.29, 1.82) is 0 Å². The van der Waals surface area contributed by atoms with Crippen LogP contribution >= 0.6 is 11.6 Å². The number of fused-ring (bicyclic) bond motifs is 1. The first-order chi connectivity index (χ1) is 14.4. The summed E-state index contributed by atoms with van der Waals surface area (Å²) in [5.74, 6) is -1.89. The number of aryl methyl sites for hydroxylation is 1. The fourth-order valence-electron chi connectivity index (χ4n) is 4.16. The molecule has 30 heavy (non-hydrogen) atoms. The summed E-state index contributed by atoms with van der Waals surface area (Å²) in [7, 11) is 0. The summed E-state index contributed by atoms with van der Waals surface area (Å²) < 4.78 is 29.1. The Morgan fingerprint density at radius 1 is 1.17 bits per heavy atom. The summed E-state index contributed by atoms with van der Waals surface area (Å²) in [6.07, 6.45) is 2.72. The minimum Gasteiger partial charge on any atom is -0.350 e. The summed E-state index contributed by atoms with van der Waals surface area (Å²) in [5, 5.41) is 5.67. The molecule has 2 amide bonds. The second-order valence-electron chi connectivity index (χ2n) is 7.64. The second kappa shape index (κ2) is 8.70. The highest BCUT2D eigenvalue weighted by atomic mass is 35.5. The van der Waals surface area contributed by atoms with E-state index in [1.807, 2.05) is 0 Å². The molecule has 0 radical (unpaired) electrons. The molecule has 0 bridgehead atoms. The average molecular weight is 434 g/mol. The molecular weight excluding hydrogens is 412 g/mol. The number of hydrogen-bond acceptors (Lipinski definition) is 3. The van der Waals surface area contributed by atoms with Crippen LogP contribution in [0.15, 0.2) is 30.3 Å². The zero-order valence-electron chi connectivity index (χ0n) is 16.3. The Morgan fingerprint density at radius 2 is 1.93 bits per heavy atom. The summed E-state index contributed by atoms with van der Waals surface area (Å²) in [6.45, 7) is 1.66. The topological polar surface area (TPSA) is 61.4 Å². The lowest BCUT2D eigenvalue weighted by Crippen LogP contribution is -2.37. The fraction of sp³-hybridized carbons (Fsp3) is 0.364. The molecule has 2 heterocycles. The smallest absolute Gasteiger partial charge is 0.254 e. The number of halogens is 3. The van der Waals surface area contributed by atoms with E-state index in [0.29, 0.717) is 29.1 Å². The predicted molar refractivity (Wildman–Crippen MR) is 111 cm³/mol. The van der Waals surface area contributed by atoms with Crippen LogP contribution in [0, 0.1) is 11.6 Å². The Balaban J connectivity index is 1.55. The van der Waals surface area contributed by atoms with Crippen molar-refractivity contribution in [1.82, 2.24) is 10.2 Å². The summed E-state index contributed by atoms with van der Waals surface area (Å²) >= 11 is 6.28. The molecule has 0 aliphatic carbocycles. The van der Waals surface area contributed by atoms with Crippen molar-refractivity contribution in [3.8, 4) is 0 Å².